The number of Topliss-reactive ketones (excluding diaryl/α,β-unsaturated/α-hetero) is 1. The second-order valence-electron chi connectivity index (χ2n) is 9.67. The molecule has 0 aliphatic carbocycles. The number of nitrogens with zero attached hydrogens (tertiary/aromatic N) is 1. The fourth-order valence-electron chi connectivity index (χ4n) is 4.62. The molecule has 0 saturated heterocycles. The number of ketones is 1. The molecular weight excluding hydrogens is 528 g/mol. The van der Waals surface area contributed by atoms with Crippen LogP contribution in [0.15, 0.2) is 72.8 Å². The lowest BCUT2D eigenvalue weighted by Gasteiger charge is -2.20. The number of anilines is 2. The van der Waals surface area contributed by atoms with E-state index in [2.05, 4.69) is 16.0 Å². The molecule has 3 aromatic carbocycles. The molecule has 0 saturated carbocycles. The number of aliphatic carboxylic acids is 1. The second-order valence-corrected chi connectivity index (χ2v) is 9.67. The molecule has 1 heterocycles. The van der Waals surface area contributed by atoms with Gasteiger partial charge in [0.05, 0.1) is 31.0 Å². The zero-order valence-corrected chi connectivity index (χ0v) is 22.1. The van der Waals surface area contributed by atoms with Crippen molar-refractivity contribution in [2.75, 3.05) is 23.3 Å². The number of carbonyl (C=O) groups is 5. The van der Waals surface area contributed by atoms with Crippen molar-refractivity contribution in [1.82, 2.24) is 10.6 Å². The third-order valence-electron chi connectivity index (χ3n) is 6.63. The molecule has 0 radical (unpaired) electrons. The highest BCUT2D eigenvalue weighted by molar-refractivity contribution is 6.00. The normalized spacial score (nSPS) is 12.6. The number of urea groups is 1. The summed E-state index contributed by atoms with van der Waals surface area (Å²) in [6.45, 7) is 0.923. The lowest BCUT2D eigenvalue weighted by atomic mass is 10.0. The van der Waals surface area contributed by atoms with Crippen LogP contribution in [0.3, 0.4) is 0 Å². The number of fused-ring (bicyclic) bond motifs is 1. The van der Waals surface area contributed by atoms with Gasteiger partial charge in [0.1, 0.15) is 0 Å². The van der Waals surface area contributed by atoms with Crippen LogP contribution in [0.2, 0.25) is 0 Å². The minimum absolute atomic E-state index is 0.0268. The Morgan fingerprint density at radius 2 is 1.63 bits per heavy atom. The molecule has 212 valence electrons. The first-order chi connectivity index (χ1) is 19.7. The predicted molar refractivity (Wildman–Crippen MR) is 151 cm³/mol. The van der Waals surface area contributed by atoms with Crippen molar-refractivity contribution in [3.63, 3.8) is 0 Å². The van der Waals surface area contributed by atoms with Gasteiger partial charge in [0.15, 0.2) is 5.78 Å². The van der Waals surface area contributed by atoms with Crippen molar-refractivity contribution in [2.45, 2.75) is 31.8 Å². The maximum atomic E-state index is 12.8. The molecule has 1 aliphatic rings. The first-order valence-corrected chi connectivity index (χ1v) is 13.0. The SMILES string of the molecule is O=C(O)CC(NC(=O)CC(=O)CN1CCc2ccc(NC(=O)NCc3ccccc3)cc21)c1ccc(C(=O)O)cc1. The van der Waals surface area contributed by atoms with Gasteiger partial charge in [-0.3, -0.25) is 14.4 Å². The summed E-state index contributed by atoms with van der Waals surface area (Å²) in [4.78, 5) is 62.1. The number of carboxylic acid groups (broad SMARTS) is 2. The Hall–Kier alpha value is -5.19. The zero-order chi connectivity index (χ0) is 29.4. The van der Waals surface area contributed by atoms with Crippen LogP contribution in [0.25, 0.3) is 0 Å². The Balaban J connectivity index is 1.32. The van der Waals surface area contributed by atoms with Crippen molar-refractivity contribution in [2.24, 2.45) is 0 Å². The first-order valence-electron chi connectivity index (χ1n) is 13.0. The molecule has 0 fully saturated rings. The Morgan fingerprint density at radius 3 is 2.32 bits per heavy atom. The molecule has 1 atom stereocenters. The molecule has 41 heavy (non-hydrogen) atoms. The number of amides is 3. The largest absolute Gasteiger partial charge is 0.481 e. The van der Waals surface area contributed by atoms with Crippen LogP contribution >= 0.6 is 0 Å². The van der Waals surface area contributed by atoms with Crippen molar-refractivity contribution in [3.8, 4) is 0 Å². The Labute approximate surface area is 236 Å². The molecule has 0 spiro atoms. The van der Waals surface area contributed by atoms with E-state index in [4.69, 9.17) is 5.11 Å². The number of nitrogens with one attached hydrogen (secondary N) is 3. The third-order valence-corrected chi connectivity index (χ3v) is 6.63. The summed E-state index contributed by atoms with van der Waals surface area (Å²) in [5, 5.41) is 26.5. The summed E-state index contributed by atoms with van der Waals surface area (Å²) in [6.07, 6.45) is -0.169. The molecule has 3 aromatic rings. The van der Waals surface area contributed by atoms with Gasteiger partial charge < -0.3 is 31.1 Å². The van der Waals surface area contributed by atoms with Crippen LogP contribution in [0.1, 0.15) is 45.9 Å². The molecular formula is C30H30N4O7. The number of aromatic carboxylic acids is 1. The number of benzene rings is 3. The average molecular weight is 559 g/mol. The van der Waals surface area contributed by atoms with Crippen LogP contribution < -0.4 is 20.9 Å². The van der Waals surface area contributed by atoms with E-state index in [-0.39, 0.29) is 23.9 Å². The summed E-state index contributed by atoms with van der Waals surface area (Å²) in [6, 6.07) is 19.2. The summed E-state index contributed by atoms with van der Waals surface area (Å²) in [7, 11) is 0. The van der Waals surface area contributed by atoms with Crippen LogP contribution in [0.4, 0.5) is 16.2 Å². The Bertz CT molecular complexity index is 1440. The number of carboxylic acids is 2. The molecule has 1 aliphatic heterocycles. The van der Waals surface area contributed by atoms with Gasteiger partial charge in [0.25, 0.3) is 0 Å². The second kappa shape index (κ2) is 13.2. The number of hydrogen-bond donors (Lipinski definition) is 5. The summed E-state index contributed by atoms with van der Waals surface area (Å²) in [5.74, 6) is -3.27. The molecule has 1 unspecified atom stereocenters. The Kier molecular flexibility index (Phi) is 9.31. The maximum Gasteiger partial charge on any atom is 0.335 e. The highest BCUT2D eigenvalue weighted by atomic mass is 16.4. The number of hydrogen-bond acceptors (Lipinski definition) is 6. The van der Waals surface area contributed by atoms with E-state index < -0.39 is 36.7 Å². The van der Waals surface area contributed by atoms with Gasteiger partial charge in [-0.2, -0.15) is 0 Å². The lowest BCUT2D eigenvalue weighted by molar-refractivity contribution is -0.137. The molecule has 5 N–H and O–H groups in total. The van der Waals surface area contributed by atoms with E-state index in [1.807, 2.05) is 41.3 Å². The maximum absolute atomic E-state index is 12.8. The third kappa shape index (κ3) is 8.15. The van der Waals surface area contributed by atoms with E-state index in [0.29, 0.717) is 30.8 Å². The fourth-order valence-corrected chi connectivity index (χ4v) is 4.62. The van der Waals surface area contributed by atoms with E-state index in [1.54, 1.807) is 12.1 Å². The quantitative estimate of drug-likeness (QED) is 0.211. The van der Waals surface area contributed by atoms with Gasteiger partial charge in [-0.15, -0.1) is 0 Å². The van der Waals surface area contributed by atoms with Gasteiger partial charge in [-0.1, -0.05) is 48.5 Å². The minimum Gasteiger partial charge on any atom is -0.481 e. The first kappa shape index (κ1) is 28.8. The molecule has 0 bridgehead atoms. The van der Waals surface area contributed by atoms with E-state index in [9.17, 15) is 29.1 Å². The topological polar surface area (TPSA) is 165 Å². The molecule has 3 amide bonds. The summed E-state index contributed by atoms with van der Waals surface area (Å²) < 4.78 is 0. The smallest absolute Gasteiger partial charge is 0.335 e. The van der Waals surface area contributed by atoms with Gasteiger partial charge in [-0.25, -0.2) is 9.59 Å². The Morgan fingerprint density at radius 1 is 0.902 bits per heavy atom. The zero-order valence-electron chi connectivity index (χ0n) is 22.1. The fraction of sp³-hybridized carbons (Fsp3) is 0.233. The predicted octanol–water partition coefficient (Wildman–Crippen LogP) is 3.36. The number of carbonyl (C=O) groups excluding carboxylic acids is 3. The van der Waals surface area contributed by atoms with E-state index in [0.717, 1.165) is 16.8 Å². The average Bonchev–Trinajstić information content (AvgIpc) is 3.33. The highest BCUT2D eigenvalue weighted by Crippen LogP contribution is 2.31. The van der Waals surface area contributed by atoms with Crippen molar-refractivity contribution in [3.05, 3.63) is 95.1 Å². The summed E-state index contributed by atoms with van der Waals surface area (Å²) >= 11 is 0. The van der Waals surface area contributed by atoms with Crippen LogP contribution in [-0.4, -0.2) is 53.0 Å². The standard InChI is InChI=1S/C30H30N4O7/c35-24(15-27(36)33-25(16-28(37)38)20-6-8-22(9-7-20)29(39)40)18-34-13-12-21-10-11-23(14-26(21)34)32-30(41)31-17-19-4-2-1-3-5-19/h1-11,14,25H,12-13,15-18H2,(H,33,36)(H,37,38)(H,39,40)(H2,31,32,41). The van der Waals surface area contributed by atoms with Gasteiger partial charge in [0.2, 0.25) is 5.91 Å². The van der Waals surface area contributed by atoms with Gasteiger partial charge >= 0.3 is 18.0 Å². The lowest BCUT2D eigenvalue weighted by Crippen LogP contribution is -2.35. The molecule has 11 nitrogen and oxygen atoms in total. The van der Waals surface area contributed by atoms with E-state index in [1.165, 1.54) is 24.3 Å². The van der Waals surface area contributed by atoms with Crippen LogP contribution in [-0.2, 0) is 27.3 Å². The minimum atomic E-state index is -1.16. The monoisotopic (exact) mass is 558 g/mol. The van der Waals surface area contributed by atoms with Gasteiger partial charge in [-0.05, 0) is 47.4 Å². The van der Waals surface area contributed by atoms with Crippen LogP contribution in [0.5, 0.6) is 0 Å². The number of rotatable bonds is 12. The van der Waals surface area contributed by atoms with Gasteiger partial charge in [0, 0.05) is 24.5 Å². The summed E-state index contributed by atoms with van der Waals surface area (Å²) in [5.41, 5.74) is 3.79. The van der Waals surface area contributed by atoms with Crippen molar-refractivity contribution < 1.29 is 34.2 Å². The molecule has 4 rings (SSSR count). The van der Waals surface area contributed by atoms with Crippen LogP contribution in [0, 0.1) is 0 Å². The van der Waals surface area contributed by atoms with E-state index >= 15 is 0 Å². The molecule has 0 aromatic heterocycles. The highest BCUT2D eigenvalue weighted by Gasteiger charge is 2.24. The van der Waals surface area contributed by atoms with Crippen molar-refractivity contribution in [1.29, 1.82) is 0 Å². The van der Waals surface area contributed by atoms with Crippen molar-refractivity contribution >= 4 is 41.0 Å². The molecule has 11 heteroatoms.